The molecule has 2 aromatic carbocycles. The lowest BCUT2D eigenvalue weighted by Gasteiger charge is -2.13. The second-order valence-electron chi connectivity index (χ2n) is 7.73. The Kier molecular flexibility index (Phi) is 10.2. The van der Waals surface area contributed by atoms with Crippen LogP contribution in [0.3, 0.4) is 0 Å². The molecule has 29 heavy (non-hydrogen) atoms. The molecule has 0 radical (unpaired) electrons. The van der Waals surface area contributed by atoms with Crippen molar-refractivity contribution in [3.05, 3.63) is 89.0 Å². The topological polar surface area (TPSA) is 24.1 Å². The molecule has 2 aromatic rings. The lowest BCUT2D eigenvalue weighted by Crippen LogP contribution is -2.20. The smallest absolute Gasteiger partial charge is 0.185 e. The zero-order chi connectivity index (χ0) is 20.9. The monoisotopic (exact) mass is 389 g/mol. The number of aryl methyl sites for hydroxylation is 2. The summed E-state index contributed by atoms with van der Waals surface area (Å²) in [5, 5.41) is 7.25. The predicted octanol–water partition coefficient (Wildman–Crippen LogP) is 6.52. The standard InChI is InChI=1S/C27H37N2/c1-5-7-20-28-26(24-16-12-22(3)13-17-24)10-9-11-27(29-21-8-6-2)25-18-14-23(4)15-19-25/h10-19,26,28-29H,5-8,20-21H2,1-4H3/q+1/b27-11+. The zero-order valence-electron chi connectivity index (χ0n) is 18.6. The van der Waals surface area contributed by atoms with Crippen molar-refractivity contribution < 1.29 is 0 Å². The minimum atomic E-state index is 0.174. The third-order valence-corrected chi connectivity index (χ3v) is 5.03. The summed E-state index contributed by atoms with van der Waals surface area (Å²) >= 11 is 0. The Labute approximate surface area is 178 Å². The highest BCUT2D eigenvalue weighted by Crippen LogP contribution is 2.17. The van der Waals surface area contributed by atoms with E-state index in [1.165, 1.54) is 41.5 Å². The molecule has 0 aliphatic carbocycles. The van der Waals surface area contributed by atoms with Crippen LogP contribution >= 0.6 is 0 Å². The highest BCUT2D eigenvalue weighted by molar-refractivity contribution is 5.65. The van der Waals surface area contributed by atoms with Crippen LogP contribution < -0.4 is 10.6 Å². The van der Waals surface area contributed by atoms with Gasteiger partial charge in [-0.05, 0) is 50.9 Å². The summed E-state index contributed by atoms with van der Waals surface area (Å²) in [6, 6.07) is 17.6. The minimum Gasteiger partial charge on any atom is -0.310 e. The van der Waals surface area contributed by atoms with Crippen LogP contribution in [0.15, 0.2) is 60.7 Å². The summed E-state index contributed by atoms with van der Waals surface area (Å²) < 4.78 is 0. The average Bonchev–Trinajstić information content (AvgIpc) is 2.73. The van der Waals surface area contributed by atoms with Crippen molar-refractivity contribution in [3.63, 3.8) is 0 Å². The van der Waals surface area contributed by atoms with Crippen molar-refractivity contribution in [1.29, 1.82) is 0 Å². The van der Waals surface area contributed by atoms with E-state index in [9.17, 15) is 0 Å². The molecule has 2 nitrogen and oxygen atoms in total. The van der Waals surface area contributed by atoms with Gasteiger partial charge in [0.25, 0.3) is 0 Å². The lowest BCUT2D eigenvalue weighted by molar-refractivity contribution is 0.590. The fourth-order valence-corrected chi connectivity index (χ4v) is 3.08. The van der Waals surface area contributed by atoms with Gasteiger partial charge in [-0.2, -0.15) is 0 Å². The van der Waals surface area contributed by atoms with Crippen LogP contribution in [-0.2, 0) is 0 Å². The molecular weight excluding hydrogens is 352 g/mol. The Morgan fingerprint density at radius 1 is 0.862 bits per heavy atom. The molecule has 2 N–H and O–H groups in total. The molecule has 0 bridgehead atoms. The molecule has 0 saturated carbocycles. The Balaban J connectivity index is 2.19. The molecule has 0 spiro atoms. The number of rotatable bonds is 12. The fourth-order valence-electron chi connectivity index (χ4n) is 3.08. The normalized spacial score (nSPS) is 12.8. The molecule has 154 valence electrons. The largest absolute Gasteiger partial charge is 0.310 e. The Hall–Kier alpha value is -2.41. The van der Waals surface area contributed by atoms with Crippen LogP contribution in [0.25, 0.3) is 5.70 Å². The summed E-state index contributed by atoms with van der Waals surface area (Å²) in [5.74, 6) is 0. The number of allylic oxidation sites excluding steroid dienone is 2. The third kappa shape index (κ3) is 8.23. The molecule has 0 heterocycles. The van der Waals surface area contributed by atoms with Crippen LogP contribution in [0.2, 0.25) is 0 Å². The zero-order valence-corrected chi connectivity index (χ0v) is 18.6. The van der Waals surface area contributed by atoms with Crippen molar-refractivity contribution in [1.82, 2.24) is 10.6 Å². The summed E-state index contributed by atoms with van der Waals surface area (Å²) in [5.41, 5.74) is 6.18. The molecule has 2 heteroatoms. The van der Waals surface area contributed by atoms with Gasteiger partial charge >= 0.3 is 0 Å². The average molecular weight is 390 g/mol. The van der Waals surface area contributed by atoms with Crippen molar-refractivity contribution >= 4 is 5.70 Å². The van der Waals surface area contributed by atoms with Gasteiger partial charge in [-0.25, -0.2) is 0 Å². The van der Waals surface area contributed by atoms with Crippen molar-refractivity contribution in [2.45, 2.75) is 59.4 Å². The molecule has 0 saturated heterocycles. The van der Waals surface area contributed by atoms with Gasteiger partial charge in [-0.3, -0.25) is 0 Å². The van der Waals surface area contributed by atoms with E-state index < -0.39 is 0 Å². The molecule has 0 aliphatic rings. The first-order valence-electron chi connectivity index (χ1n) is 11.0. The van der Waals surface area contributed by atoms with Crippen molar-refractivity contribution in [2.24, 2.45) is 0 Å². The van der Waals surface area contributed by atoms with Crippen LogP contribution in [0.5, 0.6) is 0 Å². The molecule has 0 aliphatic heterocycles. The number of hydrogen-bond acceptors (Lipinski definition) is 2. The number of unbranched alkanes of at least 4 members (excludes halogenated alkanes) is 2. The SMILES string of the molecule is CCCCN/C(=C/[C+]=CC(NCCCC)c1ccc(C)cc1)c1ccc(C)cc1. The second kappa shape index (κ2) is 12.9. The fraction of sp³-hybridized carbons (Fsp3) is 0.407. The first-order valence-corrected chi connectivity index (χ1v) is 11.0. The van der Waals surface area contributed by atoms with Crippen LogP contribution in [0.1, 0.15) is 67.8 Å². The predicted molar refractivity (Wildman–Crippen MR) is 127 cm³/mol. The van der Waals surface area contributed by atoms with Gasteiger partial charge in [0.15, 0.2) is 11.8 Å². The van der Waals surface area contributed by atoms with E-state index in [2.05, 4.69) is 105 Å². The molecule has 1 unspecified atom stereocenters. The molecule has 0 aromatic heterocycles. The van der Waals surface area contributed by atoms with Crippen LogP contribution in [0, 0.1) is 19.9 Å². The van der Waals surface area contributed by atoms with Crippen LogP contribution in [-0.4, -0.2) is 13.1 Å². The molecular formula is C27H37N2+. The molecule has 0 amide bonds. The van der Waals surface area contributed by atoms with Gasteiger partial charge in [0, 0.05) is 6.54 Å². The van der Waals surface area contributed by atoms with Gasteiger partial charge in [-0.1, -0.05) is 74.2 Å². The quantitative estimate of drug-likeness (QED) is 0.245. The Bertz CT molecular complexity index is 754. The Morgan fingerprint density at radius 3 is 2.07 bits per heavy atom. The number of hydrogen-bond donors (Lipinski definition) is 2. The maximum absolute atomic E-state index is 3.66. The van der Waals surface area contributed by atoms with E-state index in [1.54, 1.807) is 0 Å². The maximum atomic E-state index is 3.66. The summed E-state index contributed by atoms with van der Waals surface area (Å²) in [7, 11) is 0. The van der Waals surface area contributed by atoms with E-state index in [0.717, 1.165) is 25.2 Å². The van der Waals surface area contributed by atoms with Gasteiger partial charge in [-0.15, -0.1) is 0 Å². The highest BCUT2D eigenvalue weighted by Gasteiger charge is 2.12. The number of nitrogens with one attached hydrogen (secondary N) is 2. The highest BCUT2D eigenvalue weighted by atomic mass is 14.9. The van der Waals surface area contributed by atoms with E-state index in [4.69, 9.17) is 0 Å². The van der Waals surface area contributed by atoms with E-state index in [1.807, 2.05) is 0 Å². The van der Waals surface area contributed by atoms with Gasteiger partial charge in [0.05, 0.1) is 23.8 Å². The van der Waals surface area contributed by atoms with Gasteiger partial charge in [0.1, 0.15) is 0 Å². The van der Waals surface area contributed by atoms with Crippen molar-refractivity contribution in [2.75, 3.05) is 13.1 Å². The molecule has 2 rings (SSSR count). The third-order valence-electron chi connectivity index (χ3n) is 5.03. The van der Waals surface area contributed by atoms with E-state index in [-0.39, 0.29) is 6.04 Å². The second-order valence-corrected chi connectivity index (χ2v) is 7.73. The van der Waals surface area contributed by atoms with E-state index in [0.29, 0.717) is 0 Å². The van der Waals surface area contributed by atoms with E-state index >= 15 is 0 Å². The summed E-state index contributed by atoms with van der Waals surface area (Å²) in [6.45, 7) is 10.7. The molecule has 0 fully saturated rings. The first-order chi connectivity index (χ1) is 14.1. The first kappa shape index (κ1) is 22.9. The Morgan fingerprint density at radius 2 is 1.45 bits per heavy atom. The van der Waals surface area contributed by atoms with Gasteiger partial charge in [0.2, 0.25) is 0 Å². The van der Waals surface area contributed by atoms with Crippen molar-refractivity contribution in [3.8, 4) is 0 Å². The molecule has 1 atom stereocenters. The minimum absolute atomic E-state index is 0.174. The number of benzene rings is 2. The summed E-state index contributed by atoms with van der Waals surface area (Å²) in [6.07, 6.45) is 12.4. The maximum Gasteiger partial charge on any atom is 0.185 e. The van der Waals surface area contributed by atoms with Gasteiger partial charge < -0.3 is 10.6 Å². The lowest BCUT2D eigenvalue weighted by atomic mass is 10.0. The summed E-state index contributed by atoms with van der Waals surface area (Å²) in [4.78, 5) is 0. The van der Waals surface area contributed by atoms with Crippen LogP contribution in [0.4, 0.5) is 0 Å².